The number of fused-ring (bicyclic) bond motifs is 2. The van der Waals surface area contributed by atoms with Gasteiger partial charge >= 0.3 is 5.97 Å². The van der Waals surface area contributed by atoms with Crippen LogP contribution in [-0.4, -0.2) is 20.9 Å². The zero-order valence-corrected chi connectivity index (χ0v) is 13.2. The van der Waals surface area contributed by atoms with Crippen molar-refractivity contribution in [1.29, 1.82) is 0 Å². The number of hydroxylamine groups is 1. The summed E-state index contributed by atoms with van der Waals surface area (Å²) >= 11 is 3.27. The Balaban J connectivity index is 1.66. The Hall–Kier alpha value is -2.74. The molecule has 0 amide bonds. The summed E-state index contributed by atoms with van der Waals surface area (Å²) in [5.74, 6) is 0.323. The molecule has 0 spiro atoms. The summed E-state index contributed by atoms with van der Waals surface area (Å²) in [5.41, 5.74) is 1.55. The summed E-state index contributed by atoms with van der Waals surface area (Å²) in [5, 5.41) is 15.4. The molecule has 1 aromatic carbocycles. The molecular formula is C15H10BrN3O4. The SMILES string of the molecule is O=C(O)Cn1ncc2cc(N3C=Cc4oc(Br)cc4O3)ccc21. The van der Waals surface area contributed by atoms with Gasteiger partial charge in [-0.3, -0.25) is 9.48 Å². The molecule has 0 saturated heterocycles. The topological polar surface area (TPSA) is 80.7 Å². The molecule has 1 N–H and O–H groups in total. The van der Waals surface area contributed by atoms with Crippen molar-refractivity contribution in [2.45, 2.75) is 6.54 Å². The van der Waals surface area contributed by atoms with Crippen LogP contribution in [0.4, 0.5) is 5.69 Å². The number of carbonyl (C=O) groups is 1. The number of furan rings is 1. The molecule has 0 fully saturated rings. The van der Waals surface area contributed by atoms with Gasteiger partial charge in [0.05, 0.1) is 17.4 Å². The van der Waals surface area contributed by atoms with Gasteiger partial charge in [-0.2, -0.15) is 10.2 Å². The van der Waals surface area contributed by atoms with E-state index in [0.29, 0.717) is 16.2 Å². The maximum absolute atomic E-state index is 10.8. The molecule has 3 aromatic rings. The van der Waals surface area contributed by atoms with Crippen molar-refractivity contribution in [3.63, 3.8) is 0 Å². The van der Waals surface area contributed by atoms with E-state index in [1.807, 2.05) is 24.3 Å². The molecule has 0 bridgehead atoms. The summed E-state index contributed by atoms with van der Waals surface area (Å²) in [6.07, 6.45) is 5.19. The maximum atomic E-state index is 10.8. The first-order chi connectivity index (χ1) is 11.1. The molecular weight excluding hydrogens is 366 g/mol. The number of aromatic nitrogens is 2. The zero-order valence-electron chi connectivity index (χ0n) is 11.6. The number of hydrogen-bond donors (Lipinski definition) is 1. The molecule has 0 unspecified atom stereocenters. The largest absolute Gasteiger partial charge is 0.480 e. The lowest BCUT2D eigenvalue weighted by atomic mass is 10.2. The molecule has 7 nitrogen and oxygen atoms in total. The predicted molar refractivity (Wildman–Crippen MR) is 85.9 cm³/mol. The fourth-order valence-corrected chi connectivity index (χ4v) is 2.81. The van der Waals surface area contributed by atoms with Crippen molar-refractivity contribution in [2.75, 3.05) is 5.06 Å². The Morgan fingerprint density at radius 1 is 1.35 bits per heavy atom. The minimum absolute atomic E-state index is 0.171. The smallest absolute Gasteiger partial charge is 0.325 e. The normalized spacial score (nSPS) is 13.2. The molecule has 0 atom stereocenters. The Morgan fingerprint density at radius 3 is 3.04 bits per heavy atom. The van der Waals surface area contributed by atoms with E-state index in [1.54, 1.807) is 23.5 Å². The van der Waals surface area contributed by atoms with Crippen LogP contribution in [0.2, 0.25) is 0 Å². The lowest BCUT2D eigenvalue weighted by molar-refractivity contribution is -0.137. The number of benzene rings is 1. The van der Waals surface area contributed by atoms with Crippen molar-refractivity contribution in [3.05, 3.63) is 47.1 Å². The lowest BCUT2D eigenvalue weighted by Gasteiger charge is -2.22. The standard InChI is InChI=1S/C15H10BrN3O4/c16-14-6-13-12(22-14)3-4-19(23-13)10-1-2-11-9(5-10)7-17-18(11)8-15(20)21/h1-7H,8H2,(H,20,21). The van der Waals surface area contributed by atoms with E-state index in [9.17, 15) is 4.79 Å². The molecule has 3 heterocycles. The van der Waals surface area contributed by atoms with Gasteiger partial charge < -0.3 is 14.4 Å². The second kappa shape index (κ2) is 5.17. The van der Waals surface area contributed by atoms with Gasteiger partial charge in [0.2, 0.25) is 5.75 Å². The van der Waals surface area contributed by atoms with Gasteiger partial charge in [0, 0.05) is 23.7 Å². The van der Waals surface area contributed by atoms with Crippen LogP contribution in [0.3, 0.4) is 0 Å². The van der Waals surface area contributed by atoms with Crippen LogP contribution in [-0.2, 0) is 11.3 Å². The zero-order chi connectivity index (χ0) is 16.0. The minimum atomic E-state index is -0.931. The van der Waals surface area contributed by atoms with Crippen molar-refractivity contribution >= 4 is 44.6 Å². The Morgan fingerprint density at radius 2 is 2.22 bits per heavy atom. The van der Waals surface area contributed by atoms with E-state index in [2.05, 4.69) is 21.0 Å². The van der Waals surface area contributed by atoms with Gasteiger partial charge in [-0.05, 0) is 34.1 Å². The van der Waals surface area contributed by atoms with Crippen LogP contribution in [0.5, 0.6) is 5.75 Å². The van der Waals surface area contributed by atoms with E-state index >= 15 is 0 Å². The highest BCUT2D eigenvalue weighted by atomic mass is 79.9. The first kappa shape index (κ1) is 13.9. The van der Waals surface area contributed by atoms with E-state index in [4.69, 9.17) is 14.4 Å². The van der Waals surface area contributed by atoms with Gasteiger partial charge in [0.1, 0.15) is 6.54 Å². The average Bonchev–Trinajstić information content (AvgIpc) is 3.08. The van der Waals surface area contributed by atoms with Gasteiger partial charge in [0.15, 0.2) is 10.4 Å². The van der Waals surface area contributed by atoms with Crippen LogP contribution in [0.25, 0.3) is 17.0 Å². The third-order valence-corrected chi connectivity index (χ3v) is 3.81. The van der Waals surface area contributed by atoms with Crippen LogP contribution in [0.1, 0.15) is 5.76 Å². The highest BCUT2D eigenvalue weighted by Crippen LogP contribution is 2.34. The molecule has 116 valence electrons. The van der Waals surface area contributed by atoms with Crippen LogP contribution < -0.4 is 9.90 Å². The van der Waals surface area contributed by atoms with E-state index < -0.39 is 5.97 Å². The second-order valence-corrected chi connectivity index (χ2v) is 5.73. The minimum Gasteiger partial charge on any atom is -0.480 e. The Bertz CT molecular complexity index is 943. The number of nitrogens with zero attached hydrogens (tertiary/aromatic N) is 3. The molecule has 0 radical (unpaired) electrons. The van der Waals surface area contributed by atoms with Gasteiger partial charge in [-0.25, -0.2) is 0 Å². The molecule has 0 saturated carbocycles. The van der Waals surface area contributed by atoms with E-state index in [-0.39, 0.29) is 6.54 Å². The van der Waals surface area contributed by atoms with E-state index in [1.165, 1.54) is 4.68 Å². The van der Waals surface area contributed by atoms with E-state index in [0.717, 1.165) is 16.6 Å². The van der Waals surface area contributed by atoms with Gasteiger partial charge in [-0.15, -0.1) is 0 Å². The number of rotatable bonds is 3. The van der Waals surface area contributed by atoms with Crippen molar-refractivity contribution in [2.24, 2.45) is 0 Å². The van der Waals surface area contributed by atoms with Crippen LogP contribution in [0, 0.1) is 0 Å². The summed E-state index contributed by atoms with van der Waals surface area (Å²) < 4.78 is 7.45. The summed E-state index contributed by atoms with van der Waals surface area (Å²) in [6.45, 7) is -0.171. The van der Waals surface area contributed by atoms with Crippen molar-refractivity contribution in [3.8, 4) is 5.75 Å². The second-order valence-electron chi connectivity index (χ2n) is 4.95. The van der Waals surface area contributed by atoms with Crippen molar-refractivity contribution < 1.29 is 19.2 Å². The number of carboxylic acid groups (broad SMARTS) is 1. The monoisotopic (exact) mass is 375 g/mol. The molecule has 1 aliphatic heterocycles. The third kappa shape index (κ3) is 2.46. The molecule has 8 heteroatoms. The van der Waals surface area contributed by atoms with Crippen molar-refractivity contribution in [1.82, 2.24) is 9.78 Å². The predicted octanol–water partition coefficient (Wildman–Crippen LogP) is 3.26. The first-order valence-corrected chi connectivity index (χ1v) is 7.51. The van der Waals surface area contributed by atoms with Gasteiger partial charge in [0.25, 0.3) is 0 Å². The molecule has 1 aliphatic rings. The third-order valence-electron chi connectivity index (χ3n) is 3.42. The molecule has 0 aliphatic carbocycles. The first-order valence-electron chi connectivity index (χ1n) is 6.72. The molecule has 2 aromatic heterocycles. The Labute approximate surface area is 138 Å². The Kier molecular flexibility index (Phi) is 3.12. The quantitative estimate of drug-likeness (QED) is 0.756. The number of carboxylic acids is 1. The molecule has 23 heavy (non-hydrogen) atoms. The average molecular weight is 376 g/mol. The number of hydrogen-bond acceptors (Lipinski definition) is 5. The highest BCUT2D eigenvalue weighted by Gasteiger charge is 2.19. The maximum Gasteiger partial charge on any atom is 0.325 e. The van der Waals surface area contributed by atoms with Crippen LogP contribution >= 0.6 is 15.9 Å². The molecule has 4 rings (SSSR count). The summed E-state index contributed by atoms with van der Waals surface area (Å²) in [4.78, 5) is 16.6. The summed E-state index contributed by atoms with van der Waals surface area (Å²) in [6, 6.07) is 7.28. The fourth-order valence-electron chi connectivity index (χ4n) is 2.42. The number of anilines is 1. The highest BCUT2D eigenvalue weighted by molar-refractivity contribution is 9.10. The number of aliphatic carboxylic acids is 1. The lowest BCUT2D eigenvalue weighted by Crippen LogP contribution is -2.22. The van der Waals surface area contributed by atoms with Gasteiger partial charge in [-0.1, -0.05) is 0 Å². The fraction of sp³-hybridized carbons (Fsp3) is 0.0667. The summed E-state index contributed by atoms with van der Waals surface area (Å²) in [7, 11) is 0. The number of halogens is 1. The van der Waals surface area contributed by atoms with Crippen LogP contribution in [0.15, 0.2) is 45.7 Å².